The van der Waals surface area contributed by atoms with Crippen molar-refractivity contribution in [2.45, 2.75) is 105 Å². The molecule has 0 spiro atoms. The molecule has 0 saturated carbocycles. The molecule has 164 valence electrons. The Kier molecular flexibility index (Phi) is 4.98. The van der Waals surface area contributed by atoms with Gasteiger partial charge in [0.1, 0.15) is 16.7 Å². The molecule has 29 heavy (non-hydrogen) atoms. The van der Waals surface area contributed by atoms with Gasteiger partial charge in [-0.1, -0.05) is 13.8 Å². The van der Waals surface area contributed by atoms with E-state index in [9.17, 15) is 14.4 Å². The summed E-state index contributed by atoms with van der Waals surface area (Å²) in [6.45, 7) is 21.4. The molecule has 7 nitrogen and oxygen atoms in total. The number of Topliss-reactive ketones (excluding diaryl/α,β-unsaturated/α-hetero) is 1. The van der Waals surface area contributed by atoms with Crippen LogP contribution in [0.4, 0.5) is 9.59 Å². The van der Waals surface area contributed by atoms with Crippen molar-refractivity contribution in [3.63, 3.8) is 0 Å². The Bertz CT molecular complexity index is 799. The third kappa shape index (κ3) is 3.13. The van der Waals surface area contributed by atoms with Gasteiger partial charge in [0, 0.05) is 0 Å². The SMILES string of the molecule is CC1=C(C)[C@]2(C)N(C(=O)OC(C)(C)C)N(C(=O)OC(C)(C)C)[C@@]1(C)C(=O)C2(C)C. The predicted octanol–water partition coefficient (Wildman–Crippen LogP) is 4.85. The zero-order valence-corrected chi connectivity index (χ0v) is 19.9. The minimum Gasteiger partial charge on any atom is -0.442 e. The average molecular weight is 409 g/mol. The molecule has 2 atom stereocenters. The van der Waals surface area contributed by atoms with Gasteiger partial charge in [-0.15, -0.1) is 0 Å². The Labute approximate surface area is 174 Å². The number of rotatable bonds is 0. The quantitative estimate of drug-likeness (QED) is 0.536. The molecule has 2 amide bonds. The molecule has 2 bridgehead atoms. The maximum Gasteiger partial charge on any atom is 0.430 e. The first-order chi connectivity index (χ1) is 12.7. The summed E-state index contributed by atoms with van der Waals surface area (Å²) < 4.78 is 11.3. The van der Waals surface area contributed by atoms with E-state index in [2.05, 4.69) is 0 Å². The van der Waals surface area contributed by atoms with Gasteiger partial charge in [0.2, 0.25) is 0 Å². The van der Waals surface area contributed by atoms with E-state index in [1.165, 1.54) is 10.0 Å². The van der Waals surface area contributed by atoms with Gasteiger partial charge in [-0.3, -0.25) is 4.79 Å². The van der Waals surface area contributed by atoms with E-state index in [4.69, 9.17) is 9.47 Å². The normalized spacial score (nSPS) is 29.3. The van der Waals surface area contributed by atoms with Crippen LogP contribution in [0, 0.1) is 5.41 Å². The number of amides is 2. The van der Waals surface area contributed by atoms with Crippen LogP contribution in [-0.4, -0.2) is 50.3 Å². The van der Waals surface area contributed by atoms with Crippen molar-refractivity contribution in [1.82, 2.24) is 10.0 Å². The highest BCUT2D eigenvalue weighted by molar-refractivity contribution is 6.04. The van der Waals surface area contributed by atoms with Crippen LogP contribution in [0.1, 0.15) is 83.1 Å². The van der Waals surface area contributed by atoms with Crippen molar-refractivity contribution in [3.05, 3.63) is 11.1 Å². The summed E-state index contributed by atoms with van der Waals surface area (Å²) in [6, 6.07) is 0. The van der Waals surface area contributed by atoms with Gasteiger partial charge in [-0.25, -0.2) is 14.6 Å². The molecule has 0 N–H and O–H groups in total. The van der Waals surface area contributed by atoms with E-state index in [0.29, 0.717) is 0 Å². The summed E-state index contributed by atoms with van der Waals surface area (Å²) in [4.78, 5) is 40.4. The first kappa shape index (κ1) is 23.2. The number of carbonyl (C=O) groups excluding carboxylic acids is 3. The topological polar surface area (TPSA) is 76.2 Å². The van der Waals surface area contributed by atoms with Crippen LogP contribution < -0.4 is 0 Å². The minimum atomic E-state index is -1.36. The first-order valence-corrected chi connectivity index (χ1v) is 10.0. The highest BCUT2D eigenvalue weighted by Crippen LogP contribution is 2.58. The van der Waals surface area contributed by atoms with Gasteiger partial charge in [0.15, 0.2) is 5.78 Å². The van der Waals surface area contributed by atoms with Crippen LogP contribution >= 0.6 is 0 Å². The second-order valence-electron chi connectivity index (χ2n) is 10.9. The fourth-order valence-electron chi connectivity index (χ4n) is 4.42. The fraction of sp³-hybridized carbons (Fsp3) is 0.773. The lowest BCUT2D eigenvalue weighted by atomic mass is 9.53. The number of fused-ring (bicyclic) bond motifs is 2. The molecule has 1 saturated heterocycles. The van der Waals surface area contributed by atoms with Crippen LogP contribution in [0.2, 0.25) is 0 Å². The number of nitrogens with zero attached hydrogens (tertiary/aromatic N) is 2. The third-order valence-corrected chi connectivity index (χ3v) is 6.43. The summed E-state index contributed by atoms with van der Waals surface area (Å²) in [5.74, 6) is -0.138. The zero-order chi connectivity index (χ0) is 23.0. The van der Waals surface area contributed by atoms with E-state index in [1.807, 2.05) is 34.6 Å². The second-order valence-corrected chi connectivity index (χ2v) is 10.9. The van der Waals surface area contributed by atoms with Crippen LogP contribution in [0.25, 0.3) is 0 Å². The molecule has 0 aromatic rings. The van der Waals surface area contributed by atoms with Crippen molar-refractivity contribution in [1.29, 1.82) is 0 Å². The first-order valence-electron chi connectivity index (χ1n) is 10.0. The molecule has 1 fully saturated rings. The Morgan fingerprint density at radius 3 is 1.52 bits per heavy atom. The maximum absolute atomic E-state index is 13.7. The van der Waals surface area contributed by atoms with Crippen LogP contribution in [-0.2, 0) is 14.3 Å². The fourth-order valence-corrected chi connectivity index (χ4v) is 4.42. The molecular formula is C22H36N2O5. The largest absolute Gasteiger partial charge is 0.442 e. The van der Waals surface area contributed by atoms with E-state index in [0.717, 1.165) is 11.1 Å². The number of hydrogen-bond acceptors (Lipinski definition) is 5. The van der Waals surface area contributed by atoms with E-state index in [-0.39, 0.29) is 5.78 Å². The molecule has 3 aliphatic rings. The number of hydrazine groups is 1. The van der Waals surface area contributed by atoms with Crippen LogP contribution in [0.15, 0.2) is 11.1 Å². The lowest BCUT2D eigenvalue weighted by molar-refractivity contribution is -0.204. The van der Waals surface area contributed by atoms with Gasteiger partial charge in [-0.2, -0.15) is 5.01 Å². The molecule has 2 heterocycles. The Hall–Kier alpha value is -2.05. The molecule has 0 unspecified atom stereocenters. The minimum absolute atomic E-state index is 0.138. The summed E-state index contributed by atoms with van der Waals surface area (Å²) in [7, 11) is 0. The summed E-state index contributed by atoms with van der Waals surface area (Å²) in [5.41, 5.74) is -3.34. The zero-order valence-electron chi connectivity index (χ0n) is 19.9. The van der Waals surface area contributed by atoms with Gasteiger partial charge in [0.05, 0.1) is 11.0 Å². The number of ether oxygens (including phenoxy) is 2. The highest BCUT2D eigenvalue weighted by Gasteiger charge is 2.73. The van der Waals surface area contributed by atoms with Crippen molar-refractivity contribution in [2.75, 3.05) is 0 Å². The van der Waals surface area contributed by atoms with Gasteiger partial charge in [0.25, 0.3) is 0 Å². The number of ketones is 1. The van der Waals surface area contributed by atoms with E-state index in [1.54, 1.807) is 48.5 Å². The van der Waals surface area contributed by atoms with Gasteiger partial charge in [-0.05, 0) is 80.4 Å². The highest BCUT2D eigenvalue weighted by atomic mass is 16.6. The Balaban J connectivity index is 2.81. The van der Waals surface area contributed by atoms with E-state index >= 15 is 0 Å². The molecular weight excluding hydrogens is 372 g/mol. The molecule has 2 aliphatic heterocycles. The maximum atomic E-state index is 13.7. The summed E-state index contributed by atoms with van der Waals surface area (Å²) in [5, 5.41) is 2.47. The van der Waals surface area contributed by atoms with Crippen molar-refractivity contribution >= 4 is 18.0 Å². The molecule has 3 rings (SSSR count). The van der Waals surface area contributed by atoms with Crippen LogP contribution in [0.5, 0.6) is 0 Å². The van der Waals surface area contributed by atoms with Gasteiger partial charge < -0.3 is 9.47 Å². The molecule has 0 aromatic carbocycles. The van der Waals surface area contributed by atoms with Crippen molar-refractivity contribution in [3.8, 4) is 0 Å². The van der Waals surface area contributed by atoms with Crippen molar-refractivity contribution in [2.24, 2.45) is 5.41 Å². The van der Waals surface area contributed by atoms with Crippen LogP contribution in [0.3, 0.4) is 0 Å². The molecule has 0 radical (unpaired) electrons. The van der Waals surface area contributed by atoms with E-state index < -0.39 is 39.9 Å². The van der Waals surface area contributed by atoms with Gasteiger partial charge >= 0.3 is 12.2 Å². The van der Waals surface area contributed by atoms with Crippen molar-refractivity contribution < 1.29 is 23.9 Å². The smallest absolute Gasteiger partial charge is 0.430 e. The monoisotopic (exact) mass is 408 g/mol. The second kappa shape index (κ2) is 6.22. The summed E-state index contributed by atoms with van der Waals surface area (Å²) >= 11 is 0. The predicted molar refractivity (Wildman–Crippen MR) is 110 cm³/mol. The summed E-state index contributed by atoms with van der Waals surface area (Å²) in [6.07, 6.45) is -1.45. The lowest BCUT2D eigenvalue weighted by Gasteiger charge is -2.67. The standard InChI is InChI=1S/C22H36N2O5/c1-13-14(2)22(12)20(9,10)15(25)21(13,11)23(16(26)28-18(3,4)5)24(22)17(27)29-19(6,7)8/h1-12H3/t21-,22+/m1/s1. The molecule has 0 aromatic heterocycles. The third-order valence-electron chi connectivity index (χ3n) is 6.43. The number of hydrogen-bond donors (Lipinski definition) is 0. The molecule has 1 aliphatic carbocycles. The Morgan fingerprint density at radius 2 is 1.14 bits per heavy atom. The lowest BCUT2D eigenvalue weighted by Crippen LogP contribution is -2.84. The number of carbonyl (C=O) groups is 3. The average Bonchev–Trinajstić information content (AvgIpc) is 2.50. The molecule has 7 heteroatoms. The Morgan fingerprint density at radius 1 is 0.759 bits per heavy atom.